The van der Waals surface area contributed by atoms with Gasteiger partial charge in [-0.15, -0.1) is 0 Å². The molecule has 2 unspecified atom stereocenters. The molecular weight excluding hydrogens is 468 g/mol. The topological polar surface area (TPSA) is 76.2 Å². The zero-order valence-corrected chi connectivity index (χ0v) is 17.6. The summed E-state index contributed by atoms with van der Waals surface area (Å²) in [4.78, 5) is 15.2. The molecule has 2 aromatic carbocycles. The van der Waals surface area contributed by atoms with Crippen LogP contribution in [0.3, 0.4) is 0 Å². The van der Waals surface area contributed by atoms with Crippen LogP contribution in [0.15, 0.2) is 51.8 Å². The Morgan fingerprint density at radius 3 is 2.59 bits per heavy atom. The standard InChI is InChI=1S/C20H16BrF2NO4S/c1-28-19(25)20(23,29(26,27)12-5-3-2-4-6-12)11-7-13-14-9-15(21)16(22)10-18(14)24-17(13)8-11/h2-6,9-11,24H,7-8H2,1H3. The van der Waals surface area contributed by atoms with Crippen molar-refractivity contribution in [3.63, 3.8) is 0 Å². The fourth-order valence-corrected chi connectivity index (χ4v) is 6.05. The first kappa shape index (κ1) is 20.0. The Bertz CT molecular complexity index is 1230. The molecule has 1 aliphatic rings. The highest BCUT2D eigenvalue weighted by atomic mass is 79.9. The van der Waals surface area contributed by atoms with Crippen LogP contribution >= 0.6 is 15.9 Å². The molecule has 3 aromatic rings. The van der Waals surface area contributed by atoms with Gasteiger partial charge in [-0.1, -0.05) is 18.2 Å². The zero-order valence-electron chi connectivity index (χ0n) is 15.2. The predicted octanol–water partition coefficient (Wildman–Crippen LogP) is 4.10. The van der Waals surface area contributed by atoms with Crippen molar-refractivity contribution in [2.24, 2.45) is 5.92 Å². The number of nitrogens with one attached hydrogen (secondary N) is 1. The predicted molar refractivity (Wildman–Crippen MR) is 106 cm³/mol. The third kappa shape index (κ3) is 2.90. The highest BCUT2D eigenvalue weighted by Gasteiger charge is 2.60. The summed E-state index contributed by atoms with van der Waals surface area (Å²) >= 11 is 3.13. The molecule has 1 aliphatic carbocycles. The average molecular weight is 484 g/mol. The minimum atomic E-state index is -4.68. The van der Waals surface area contributed by atoms with E-state index in [1.807, 2.05) is 0 Å². The van der Waals surface area contributed by atoms with Crippen LogP contribution in [0, 0.1) is 11.7 Å². The molecule has 5 nitrogen and oxygen atoms in total. The molecule has 9 heteroatoms. The van der Waals surface area contributed by atoms with E-state index in [4.69, 9.17) is 0 Å². The van der Waals surface area contributed by atoms with Gasteiger partial charge in [0.05, 0.1) is 16.5 Å². The quantitative estimate of drug-likeness (QED) is 0.566. The third-order valence-electron chi connectivity index (χ3n) is 5.37. The van der Waals surface area contributed by atoms with Gasteiger partial charge in [0.25, 0.3) is 0 Å². The Balaban J connectivity index is 1.81. The number of methoxy groups -OCH3 is 1. The number of alkyl halides is 1. The van der Waals surface area contributed by atoms with Crippen LogP contribution in [0.1, 0.15) is 11.3 Å². The van der Waals surface area contributed by atoms with E-state index in [-0.39, 0.29) is 22.2 Å². The summed E-state index contributed by atoms with van der Waals surface area (Å²) in [6.45, 7) is 0. The van der Waals surface area contributed by atoms with E-state index in [0.29, 0.717) is 22.2 Å². The highest BCUT2D eigenvalue weighted by molar-refractivity contribution is 9.10. The highest BCUT2D eigenvalue weighted by Crippen LogP contribution is 2.45. The molecule has 0 spiro atoms. The number of H-pyrrole nitrogens is 1. The second-order valence-corrected chi connectivity index (χ2v) is 9.88. The maximum absolute atomic E-state index is 16.2. The van der Waals surface area contributed by atoms with Crippen molar-refractivity contribution in [1.29, 1.82) is 0 Å². The number of hydrogen-bond donors (Lipinski definition) is 1. The number of carbonyl (C=O) groups excluding carboxylic acids is 1. The number of aromatic nitrogens is 1. The molecule has 0 bridgehead atoms. The molecule has 2 atom stereocenters. The Morgan fingerprint density at radius 2 is 1.93 bits per heavy atom. The summed E-state index contributed by atoms with van der Waals surface area (Å²) in [6, 6.07) is 9.89. The van der Waals surface area contributed by atoms with E-state index in [1.54, 1.807) is 12.1 Å². The lowest BCUT2D eigenvalue weighted by atomic mass is 9.98. The van der Waals surface area contributed by atoms with Crippen molar-refractivity contribution >= 4 is 42.6 Å². The molecule has 4 rings (SSSR count). The van der Waals surface area contributed by atoms with Gasteiger partial charge < -0.3 is 9.72 Å². The molecule has 1 heterocycles. The van der Waals surface area contributed by atoms with Crippen molar-refractivity contribution in [3.05, 3.63) is 64.0 Å². The summed E-state index contributed by atoms with van der Waals surface area (Å²) in [6.07, 6.45) is -0.0357. The molecular formula is C20H16BrF2NO4S. The molecule has 0 saturated carbocycles. The van der Waals surface area contributed by atoms with Crippen molar-refractivity contribution in [2.75, 3.05) is 7.11 Å². The summed E-state index contributed by atoms with van der Waals surface area (Å²) in [5.74, 6) is -3.09. The van der Waals surface area contributed by atoms with Crippen molar-refractivity contribution in [1.82, 2.24) is 4.98 Å². The number of ether oxygens (including phenoxy) is 1. The lowest BCUT2D eigenvalue weighted by Gasteiger charge is -2.28. The summed E-state index contributed by atoms with van der Waals surface area (Å²) in [5.41, 5.74) is 1.78. The number of sulfone groups is 1. The van der Waals surface area contributed by atoms with E-state index < -0.39 is 32.5 Å². The molecule has 0 saturated heterocycles. The van der Waals surface area contributed by atoms with Crippen molar-refractivity contribution < 1.29 is 26.7 Å². The second kappa shape index (κ2) is 6.91. The lowest BCUT2D eigenvalue weighted by molar-refractivity contribution is -0.151. The molecule has 29 heavy (non-hydrogen) atoms. The van der Waals surface area contributed by atoms with E-state index in [9.17, 15) is 17.6 Å². The first-order valence-electron chi connectivity index (χ1n) is 8.75. The van der Waals surface area contributed by atoms with Crippen molar-refractivity contribution in [3.8, 4) is 0 Å². The van der Waals surface area contributed by atoms with Gasteiger partial charge in [-0.05, 0) is 58.6 Å². The normalized spacial score (nSPS) is 18.4. The number of rotatable bonds is 4. The first-order chi connectivity index (χ1) is 13.7. The Hall–Kier alpha value is -2.26. The first-order valence-corrected chi connectivity index (χ1v) is 11.0. The van der Waals surface area contributed by atoms with Gasteiger partial charge in [0.2, 0.25) is 9.84 Å². The summed E-state index contributed by atoms with van der Waals surface area (Å²) in [7, 11) is -3.72. The second-order valence-electron chi connectivity index (χ2n) is 6.95. The van der Waals surface area contributed by atoms with Crippen molar-refractivity contribution in [2.45, 2.75) is 22.7 Å². The number of halogens is 3. The number of esters is 1. The van der Waals surface area contributed by atoms with Gasteiger partial charge in [-0.25, -0.2) is 22.0 Å². The Kier molecular flexibility index (Phi) is 4.77. The van der Waals surface area contributed by atoms with E-state index >= 15 is 4.39 Å². The monoisotopic (exact) mass is 483 g/mol. The number of benzene rings is 2. The molecule has 0 amide bonds. The molecule has 0 fully saturated rings. The average Bonchev–Trinajstić information content (AvgIpc) is 3.26. The fourth-order valence-electron chi connectivity index (χ4n) is 3.94. The van der Waals surface area contributed by atoms with Gasteiger partial charge in [-0.3, -0.25) is 0 Å². The number of aromatic amines is 1. The third-order valence-corrected chi connectivity index (χ3v) is 8.15. The van der Waals surface area contributed by atoms with Gasteiger partial charge in [0.1, 0.15) is 5.82 Å². The Labute approximate surface area is 174 Å². The van der Waals surface area contributed by atoms with Crippen LogP contribution in [0.25, 0.3) is 10.9 Å². The van der Waals surface area contributed by atoms with Gasteiger partial charge >= 0.3 is 11.0 Å². The van der Waals surface area contributed by atoms with E-state index in [2.05, 4.69) is 25.7 Å². The number of hydrogen-bond acceptors (Lipinski definition) is 4. The molecule has 0 radical (unpaired) electrons. The van der Waals surface area contributed by atoms with Crippen LogP contribution in [0.2, 0.25) is 0 Å². The largest absolute Gasteiger partial charge is 0.466 e. The summed E-state index contributed by atoms with van der Waals surface area (Å²) in [5, 5.41) is -2.60. The van der Waals surface area contributed by atoms with Gasteiger partial charge in [0, 0.05) is 22.5 Å². The zero-order chi connectivity index (χ0) is 21.0. The minimum Gasteiger partial charge on any atom is -0.466 e. The van der Waals surface area contributed by atoms with Crippen LogP contribution < -0.4 is 0 Å². The molecule has 1 aromatic heterocycles. The summed E-state index contributed by atoms with van der Waals surface area (Å²) < 4.78 is 61.1. The molecule has 1 N–H and O–H groups in total. The van der Waals surface area contributed by atoms with Gasteiger partial charge in [-0.2, -0.15) is 0 Å². The van der Waals surface area contributed by atoms with Crippen LogP contribution in [0.5, 0.6) is 0 Å². The minimum absolute atomic E-state index is 0.00886. The number of fused-ring (bicyclic) bond motifs is 3. The van der Waals surface area contributed by atoms with Crippen LogP contribution in [-0.2, 0) is 32.2 Å². The maximum Gasteiger partial charge on any atom is 0.360 e. The van der Waals surface area contributed by atoms with Crippen LogP contribution in [-0.4, -0.2) is 31.5 Å². The maximum atomic E-state index is 16.2. The van der Waals surface area contributed by atoms with Crippen LogP contribution in [0.4, 0.5) is 8.78 Å². The smallest absolute Gasteiger partial charge is 0.360 e. The number of carbonyl (C=O) groups is 1. The SMILES string of the molecule is COC(=O)C(F)(C1Cc2[nH]c3cc(F)c(Br)cc3c2C1)S(=O)(=O)c1ccccc1. The fraction of sp³-hybridized carbons (Fsp3) is 0.250. The van der Waals surface area contributed by atoms with E-state index in [0.717, 1.165) is 7.11 Å². The van der Waals surface area contributed by atoms with Gasteiger partial charge in [0.15, 0.2) is 0 Å². The van der Waals surface area contributed by atoms with E-state index in [1.165, 1.54) is 30.3 Å². The Morgan fingerprint density at radius 1 is 1.24 bits per heavy atom. The molecule has 0 aliphatic heterocycles. The molecule has 152 valence electrons. The lowest BCUT2D eigenvalue weighted by Crippen LogP contribution is -2.50.